The van der Waals surface area contributed by atoms with Crippen molar-refractivity contribution in [2.24, 2.45) is 0 Å². The number of hydrogen-bond donors (Lipinski definition) is 1. The van der Waals surface area contributed by atoms with Gasteiger partial charge in [-0.1, -0.05) is 72.8 Å². The van der Waals surface area contributed by atoms with Crippen molar-refractivity contribution in [3.63, 3.8) is 0 Å². The number of thiazole rings is 1. The molecule has 37 heavy (non-hydrogen) atoms. The van der Waals surface area contributed by atoms with Crippen molar-refractivity contribution in [2.45, 2.75) is 0 Å². The fourth-order valence-electron chi connectivity index (χ4n) is 4.38. The molecular weight excluding hydrogens is 482 g/mol. The van der Waals surface area contributed by atoms with Crippen LogP contribution in [-0.2, 0) is 0 Å². The van der Waals surface area contributed by atoms with Gasteiger partial charge in [-0.3, -0.25) is 0 Å². The molecule has 3 aromatic heterocycles. The average Bonchev–Trinajstić information content (AvgIpc) is 3.61. The smallest absolute Gasteiger partial charge is 0.228 e. The SMILES string of the molecule is COc1ccc(-c2c(Nc3cscn3)nc3c(-c4ccccc4)c(-c4ccccc4)nn3c2OC)cc1. The maximum Gasteiger partial charge on any atom is 0.228 e. The summed E-state index contributed by atoms with van der Waals surface area (Å²) in [4.78, 5) is 9.57. The van der Waals surface area contributed by atoms with Gasteiger partial charge in [-0.2, -0.15) is 9.61 Å². The Morgan fingerprint density at radius 3 is 2.05 bits per heavy atom. The number of rotatable bonds is 7. The van der Waals surface area contributed by atoms with Crippen molar-refractivity contribution in [3.8, 4) is 45.1 Å². The summed E-state index contributed by atoms with van der Waals surface area (Å²) < 4.78 is 13.2. The monoisotopic (exact) mass is 505 g/mol. The molecule has 3 heterocycles. The molecule has 3 aromatic carbocycles. The second kappa shape index (κ2) is 9.75. The first-order chi connectivity index (χ1) is 18.3. The van der Waals surface area contributed by atoms with Gasteiger partial charge in [-0.05, 0) is 23.3 Å². The molecule has 0 saturated carbocycles. The number of aromatic nitrogens is 4. The fraction of sp³-hybridized carbons (Fsp3) is 0.0690. The lowest BCUT2D eigenvalue weighted by Crippen LogP contribution is -2.06. The lowest BCUT2D eigenvalue weighted by atomic mass is 10.0. The molecule has 0 fully saturated rings. The van der Waals surface area contributed by atoms with Gasteiger partial charge in [0.2, 0.25) is 5.88 Å². The van der Waals surface area contributed by atoms with Crippen LogP contribution < -0.4 is 14.8 Å². The molecule has 0 aliphatic heterocycles. The van der Waals surface area contributed by atoms with E-state index in [2.05, 4.69) is 34.6 Å². The quantitative estimate of drug-likeness (QED) is 0.253. The zero-order valence-corrected chi connectivity index (χ0v) is 21.1. The first-order valence-electron chi connectivity index (χ1n) is 11.7. The van der Waals surface area contributed by atoms with E-state index in [4.69, 9.17) is 19.6 Å². The zero-order valence-electron chi connectivity index (χ0n) is 20.3. The van der Waals surface area contributed by atoms with Gasteiger partial charge in [0.15, 0.2) is 5.65 Å². The summed E-state index contributed by atoms with van der Waals surface area (Å²) in [6.45, 7) is 0. The van der Waals surface area contributed by atoms with Crippen LogP contribution in [0, 0.1) is 0 Å². The van der Waals surface area contributed by atoms with Crippen LogP contribution >= 0.6 is 11.3 Å². The number of benzene rings is 3. The summed E-state index contributed by atoms with van der Waals surface area (Å²) >= 11 is 1.51. The van der Waals surface area contributed by atoms with E-state index in [0.29, 0.717) is 23.2 Å². The van der Waals surface area contributed by atoms with Crippen molar-refractivity contribution in [1.29, 1.82) is 0 Å². The number of anilines is 2. The van der Waals surface area contributed by atoms with Crippen molar-refractivity contribution in [1.82, 2.24) is 19.6 Å². The number of fused-ring (bicyclic) bond motifs is 1. The Morgan fingerprint density at radius 2 is 1.43 bits per heavy atom. The van der Waals surface area contributed by atoms with Gasteiger partial charge in [0.05, 0.1) is 30.9 Å². The van der Waals surface area contributed by atoms with E-state index in [-0.39, 0.29) is 0 Å². The van der Waals surface area contributed by atoms with E-state index in [1.54, 1.807) is 24.2 Å². The largest absolute Gasteiger partial charge is 0.497 e. The van der Waals surface area contributed by atoms with Crippen molar-refractivity contribution in [2.75, 3.05) is 19.5 Å². The molecule has 0 aliphatic carbocycles. The Labute approximate surface area is 218 Å². The van der Waals surface area contributed by atoms with E-state index in [1.807, 2.05) is 66.0 Å². The maximum absolute atomic E-state index is 6.04. The second-order valence-electron chi connectivity index (χ2n) is 8.26. The molecule has 8 heteroatoms. The minimum atomic E-state index is 0.562. The highest BCUT2D eigenvalue weighted by molar-refractivity contribution is 7.07. The molecule has 182 valence electrons. The van der Waals surface area contributed by atoms with Gasteiger partial charge < -0.3 is 14.8 Å². The number of methoxy groups -OCH3 is 2. The molecule has 1 N–H and O–H groups in total. The van der Waals surface area contributed by atoms with Gasteiger partial charge in [0.1, 0.15) is 23.1 Å². The third-order valence-electron chi connectivity index (χ3n) is 6.08. The van der Waals surface area contributed by atoms with Gasteiger partial charge in [-0.15, -0.1) is 11.3 Å². The fourth-order valence-corrected chi connectivity index (χ4v) is 4.87. The Morgan fingerprint density at radius 1 is 0.757 bits per heavy atom. The van der Waals surface area contributed by atoms with Crippen LogP contribution in [0.15, 0.2) is 95.8 Å². The molecule has 0 saturated heterocycles. The van der Waals surface area contributed by atoms with Crippen LogP contribution in [0.4, 0.5) is 11.6 Å². The van der Waals surface area contributed by atoms with Crippen LogP contribution in [0.25, 0.3) is 39.2 Å². The summed E-state index contributed by atoms with van der Waals surface area (Å²) in [5.74, 6) is 2.66. The van der Waals surface area contributed by atoms with Crippen molar-refractivity contribution < 1.29 is 9.47 Å². The predicted molar refractivity (Wildman–Crippen MR) is 148 cm³/mol. The molecule has 0 bridgehead atoms. The Hall–Kier alpha value is -4.69. The van der Waals surface area contributed by atoms with Gasteiger partial charge in [-0.25, -0.2) is 9.97 Å². The van der Waals surface area contributed by atoms with E-state index >= 15 is 0 Å². The van der Waals surface area contributed by atoms with Crippen LogP contribution in [0.2, 0.25) is 0 Å². The molecule has 6 aromatic rings. The first kappa shape index (κ1) is 22.8. The van der Waals surface area contributed by atoms with Gasteiger partial charge in [0.25, 0.3) is 0 Å². The molecule has 0 aliphatic rings. The Bertz CT molecular complexity index is 1650. The molecule has 7 nitrogen and oxygen atoms in total. The Kier molecular flexibility index (Phi) is 6.00. The highest BCUT2D eigenvalue weighted by Gasteiger charge is 2.25. The number of nitrogens with zero attached hydrogens (tertiary/aromatic N) is 4. The highest BCUT2D eigenvalue weighted by atomic mass is 32.1. The summed E-state index contributed by atoms with van der Waals surface area (Å²) in [6, 6.07) is 28.1. The summed E-state index contributed by atoms with van der Waals surface area (Å²) in [6.07, 6.45) is 0. The van der Waals surface area contributed by atoms with Crippen LogP contribution in [0.5, 0.6) is 11.6 Å². The number of ether oxygens (including phenoxy) is 2. The predicted octanol–water partition coefficient (Wildman–Crippen LogP) is 6.95. The van der Waals surface area contributed by atoms with Gasteiger partial charge in [0, 0.05) is 10.9 Å². The van der Waals surface area contributed by atoms with Crippen molar-refractivity contribution in [3.05, 3.63) is 95.8 Å². The molecular formula is C29H23N5O2S. The second-order valence-corrected chi connectivity index (χ2v) is 8.98. The third-order valence-corrected chi connectivity index (χ3v) is 6.67. The normalized spacial score (nSPS) is 11.0. The topological polar surface area (TPSA) is 73.6 Å². The molecule has 0 unspecified atom stereocenters. The van der Waals surface area contributed by atoms with Gasteiger partial charge >= 0.3 is 0 Å². The third kappa shape index (κ3) is 4.17. The number of nitrogens with one attached hydrogen (secondary N) is 1. The maximum atomic E-state index is 6.04. The van der Waals surface area contributed by atoms with Crippen LogP contribution in [-0.4, -0.2) is 33.8 Å². The minimum absolute atomic E-state index is 0.562. The molecule has 6 rings (SSSR count). The van der Waals surface area contributed by atoms with E-state index < -0.39 is 0 Å². The summed E-state index contributed by atoms with van der Waals surface area (Å²) in [5, 5.41) is 10.4. The van der Waals surface area contributed by atoms with E-state index in [0.717, 1.165) is 39.3 Å². The van der Waals surface area contributed by atoms with Crippen LogP contribution in [0.1, 0.15) is 0 Å². The molecule has 0 radical (unpaired) electrons. The molecule has 0 atom stereocenters. The van der Waals surface area contributed by atoms with Crippen LogP contribution in [0.3, 0.4) is 0 Å². The minimum Gasteiger partial charge on any atom is -0.497 e. The van der Waals surface area contributed by atoms with E-state index in [1.165, 1.54) is 11.3 Å². The Balaban J connectivity index is 1.69. The standard InChI is InChI=1S/C29H23N5O2S/c1-35-22-15-13-20(14-16-22)25-27(31-23-17-37-18-30-23)32-28-24(19-9-5-3-6-10-19)26(21-11-7-4-8-12-21)33-34(28)29(25)36-2/h3-18H,1-2H3,(H,31,32). The average molecular weight is 506 g/mol. The summed E-state index contributed by atoms with van der Waals surface area (Å²) in [7, 11) is 3.30. The zero-order chi connectivity index (χ0) is 25.2. The first-order valence-corrected chi connectivity index (χ1v) is 12.6. The molecule has 0 spiro atoms. The highest BCUT2D eigenvalue weighted by Crippen LogP contribution is 2.42. The summed E-state index contributed by atoms with van der Waals surface area (Å²) in [5.41, 5.74) is 7.90. The molecule has 0 amide bonds. The van der Waals surface area contributed by atoms with Crippen molar-refractivity contribution >= 4 is 28.6 Å². The lowest BCUT2D eigenvalue weighted by molar-refractivity contribution is 0.387. The van der Waals surface area contributed by atoms with E-state index in [9.17, 15) is 0 Å². The number of hydrogen-bond acceptors (Lipinski definition) is 7. The lowest BCUT2D eigenvalue weighted by Gasteiger charge is -2.16.